The SMILES string of the molecule is CNC(=O)c1coc(-c2cnc3[nH]ccc3c2N[C@@H]2CC[C@H](C)N(C(=O)CC#N)C2)n1. The zero-order valence-corrected chi connectivity index (χ0v) is 17.3. The Labute approximate surface area is 178 Å². The minimum absolute atomic E-state index is 0.0218. The second kappa shape index (κ2) is 8.47. The average molecular weight is 421 g/mol. The number of aromatic amines is 1. The van der Waals surface area contributed by atoms with Crippen molar-refractivity contribution < 1.29 is 14.0 Å². The van der Waals surface area contributed by atoms with Crippen LogP contribution in [0.2, 0.25) is 0 Å². The van der Waals surface area contributed by atoms with Gasteiger partial charge in [-0.05, 0) is 25.8 Å². The number of H-pyrrole nitrogens is 1. The van der Waals surface area contributed by atoms with Gasteiger partial charge in [0.2, 0.25) is 11.8 Å². The van der Waals surface area contributed by atoms with Crippen molar-refractivity contribution in [1.82, 2.24) is 25.2 Å². The third kappa shape index (κ3) is 3.94. The lowest BCUT2D eigenvalue weighted by atomic mass is 9.98. The molecule has 3 N–H and O–H groups in total. The number of carbonyl (C=O) groups is 2. The van der Waals surface area contributed by atoms with Gasteiger partial charge >= 0.3 is 0 Å². The first-order valence-electron chi connectivity index (χ1n) is 10.1. The summed E-state index contributed by atoms with van der Waals surface area (Å²) in [7, 11) is 1.53. The molecule has 0 saturated carbocycles. The van der Waals surface area contributed by atoms with Gasteiger partial charge in [0.15, 0.2) is 5.69 Å². The number of anilines is 1. The number of nitrogens with one attached hydrogen (secondary N) is 3. The number of nitriles is 1. The number of hydrogen-bond acceptors (Lipinski definition) is 7. The van der Waals surface area contributed by atoms with Crippen LogP contribution in [0.3, 0.4) is 0 Å². The van der Waals surface area contributed by atoms with E-state index in [1.54, 1.807) is 17.3 Å². The molecule has 4 heterocycles. The highest BCUT2D eigenvalue weighted by Crippen LogP contribution is 2.34. The first kappa shape index (κ1) is 20.4. The van der Waals surface area contributed by atoms with Gasteiger partial charge in [-0.3, -0.25) is 9.59 Å². The van der Waals surface area contributed by atoms with E-state index in [9.17, 15) is 9.59 Å². The molecule has 1 fully saturated rings. The van der Waals surface area contributed by atoms with Gasteiger partial charge in [-0.2, -0.15) is 5.26 Å². The number of likely N-dealkylation sites (tertiary alicyclic amines) is 1. The summed E-state index contributed by atoms with van der Waals surface area (Å²) in [6, 6.07) is 3.91. The van der Waals surface area contributed by atoms with E-state index >= 15 is 0 Å². The first-order chi connectivity index (χ1) is 15.0. The Morgan fingerprint density at radius 3 is 3.03 bits per heavy atom. The summed E-state index contributed by atoms with van der Waals surface area (Å²) in [5.41, 5.74) is 2.27. The van der Waals surface area contributed by atoms with Crippen LogP contribution in [-0.2, 0) is 4.79 Å². The summed E-state index contributed by atoms with van der Waals surface area (Å²) >= 11 is 0. The van der Waals surface area contributed by atoms with Gasteiger partial charge in [0.1, 0.15) is 18.3 Å². The van der Waals surface area contributed by atoms with Crippen molar-refractivity contribution >= 4 is 28.5 Å². The molecule has 0 aromatic carbocycles. The fourth-order valence-corrected chi connectivity index (χ4v) is 3.90. The molecule has 1 aliphatic rings. The summed E-state index contributed by atoms with van der Waals surface area (Å²) in [5.74, 6) is -0.224. The Morgan fingerprint density at radius 1 is 1.42 bits per heavy atom. The third-order valence-electron chi connectivity index (χ3n) is 5.56. The van der Waals surface area contributed by atoms with Crippen LogP contribution in [0.5, 0.6) is 0 Å². The predicted octanol–water partition coefficient (Wildman–Crippen LogP) is 2.28. The van der Waals surface area contributed by atoms with Gasteiger partial charge in [-0.25, -0.2) is 9.97 Å². The smallest absolute Gasteiger partial charge is 0.272 e. The molecule has 0 bridgehead atoms. The average Bonchev–Trinajstić information content (AvgIpc) is 3.44. The molecule has 10 heteroatoms. The molecule has 3 aromatic rings. The Hall–Kier alpha value is -3.87. The highest BCUT2D eigenvalue weighted by Gasteiger charge is 2.30. The number of rotatable bonds is 5. The van der Waals surface area contributed by atoms with E-state index in [-0.39, 0.29) is 41.9 Å². The van der Waals surface area contributed by atoms with Crippen LogP contribution in [0.1, 0.15) is 36.7 Å². The lowest BCUT2D eigenvalue weighted by Crippen LogP contribution is -2.49. The van der Waals surface area contributed by atoms with Crippen molar-refractivity contribution in [3.05, 3.63) is 30.4 Å². The quantitative estimate of drug-likeness (QED) is 0.574. The van der Waals surface area contributed by atoms with Crippen LogP contribution in [0.25, 0.3) is 22.5 Å². The number of pyridine rings is 1. The predicted molar refractivity (Wildman–Crippen MR) is 113 cm³/mol. The minimum Gasteiger partial charge on any atom is -0.443 e. The number of carbonyl (C=O) groups excluding carboxylic acids is 2. The topological polar surface area (TPSA) is 140 Å². The van der Waals surface area contributed by atoms with Crippen molar-refractivity contribution in [2.75, 3.05) is 18.9 Å². The molecule has 1 aliphatic heterocycles. The second-order valence-electron chi connectivity index (χ2n) is 7.55. The molecule has 1 saturated heterocycles. The van der Waals surface area contributed by atoms with Crippen molar-refractivity contribution in [2.45, 2.75) is 38.3 Å². The van der Waals surface area contributed by atoms with Gasteiger partial charge in [-0.15, -0.1) is 0 Å². The molecule has 160 valence electrons. The summed E-state index contributed by atoms with van der Waals surface area (Å²) in [6.45, 7) is 2.49. The van der Waals surface area contributed by atoms with Crippen molar-refractivity contribution in [1.29, 1.82) is 5.26 Å². The number of nitrogens with zero attached hydrogens (tertiary/aromatic N) is 4. The van der Waals surface area contributed by atoms with Gasteiger partial charge in [0, 0.05) is 43.5 Å². The van der Waals surface area contributed by atoms with Crippen LogP contribution in [0.4, 0.5) is 5.69 Å². The van der Waals surface area contributed by atoms with E-state index < -0.39 is 0 Å². The first-order valence-corrected chi connectivity index (χ1v) is 10.1. The van der Waals surface area contributed by atoms with E-state index in [0.29, 0.717) is 17.8 Å². The van der Waals surface area contributed by atoms with E-state index in [0.717, 1.165) is 23.9 Å². The molecule has 2 atom stereocenters. The molecule has 0 aliphatic carbocycles. The number of aromatic nitrogens is 3. The summed E-state index contributed by atoms with van der Waals surface area (Å²) in [5, 5.41) is 15.8. The Kier molecular flexibility index (Phi) is 5.58. The third-order valence-corrected chi connectivity index (χ3v) is 5.56. The summed E-state index contributed by atoms with van der Waals surface area (Å²) in [6.07, 6.45) is 6.31. The number of oxazole rings is 1. The Morgan fingerprint density at radius 2 is 2.26 bits per heavy atom. The van der Waals surface area contributed by atoms with E-state index in [4.69, 9.17) is 9.68 Å². The lowest BCUT2D eigenvalue weighted by Gasteiger charge is -2.38. The van der Waals surface area contributed by atoms with Gasteiger partial charge in [-0.1, -0.05) is 0 Å². The maximum absolute atomic E-state index is 12.4. The molecule has 0 radical (unpaired) electrons. The molecule has 10 nitrogen and oxygen atoms in total. The Bertz CT molecular complexity index is 1160. The monoisotopic (exact) mass is 421 g/mol. The molecule has 4 rings (SSSR count). The molecular weight excluding hydrogens is 398 g/mol. The van der Waals surface area contributed by atoms with Crippen LogP contribution >= 0.6 is 0 Å². The minimum atomic E-state index is -0.340. The van der Waals surface area contributed by atoms with Crippen molar-refractivity contribution in [3.63, 3.8) is 0 Å². The highest BCUT2D eigenvalue weighted by molar-refractivity contribution is 5.98. The van der Waals surface area contributed by atoms with Crippen LogP contribution in [0, 0.1) is 11.3 Å². The number of piperidine rings is 1. The maximum Gasteiger partial charge on any atom is 0.272 e. The van der Waals surface area contributed by atoms with Crippen molar-refractivity contribution in [2.24, 2.45) is 0 Å². The molecule has 0 spiro atoms. The van der Waals surface area contributed by atoms with Crippen LogP contribution in [0.15, 0.2) is 29.1 Å². The zero-order chi connectivity index (χ0) is 22.0. The van der Waals surface area contributed by atoms with Gasteiger partial charge in [0.25, 0.3) is 5.91 Å². The van der Waals surface area contributed by atoms with Gasteiger partial charge in [0.05, 0.1) is 17.3 Å². The van der Waals surface area contributed by atoms with Gasteiger partial charge < -0.3 is 24.9 Å². The Balaban J connectivity index is 1.67. The molecule has 31 heavy (non-hydrogen) atoms. The number of amides is 2. The number of fused-ring (bicyclic) bond motifs is 1. The zero-order valence-electron chi connectivity index (χ0n) is 17.3. The largest absolute Gasteiger partial charge is 0.443 e. The molecule has 2 amide bonds. The number of hydrogen-bond donors (Lipinski definition) is 3. The molecule has 3 aromatic heterocycles. The molecule has 0 unspecified atom stereocenters. The fraction of sp³-hybridized carbons (Fsp3) is 0.381. The fourth-order valence-electron chi connectivity index (χ4n) is 3.90. The standard InChI is InChI=1S/C21H23N7O3/c1-12-3-4-13(10-28(12)17(29)5-7-22)26-18-14-6-8-24-19(14)25-9-15(18)21-27-16(11-31-21)20(30)23-2/h6,8-9,11-13H,3-5,10H2,1-2H3,(H,23,30)(H2,24,25,26)/t12-,13+/m0/s1. The normalized spacial score (nSPS) is 18.5. The lowest BCUT2D eigenvalue weighted by molar-refractivity contribution is -0.133. The van der Waals surface area contributed by atoms with E-state index in [1.165, 1.54) is 13.3 Å². The molecular formula is C21H23N7O3. The highest BCUT2D eigenvalue weighted by atomic mass is 16.3. The summed E-state index contributed by atoms with van der Waals surface area (Å²) < 4.78 is 5.57. The summed E-state index contributed by atoms with van der Waals surface area (Å²) in [4.78, 5) is 37.8. The van der Waals surface area contributed by atoms with Crippen LogP contribution < -0.4 is 10.6 Å². The van der Waals surface area contributed by atoms with Crippen molar-refractivity contribution in [3.8, 4) is 17.5 Å². The maximum atomic E-state index is 12.4. The van der Waals surface area contributed by atoms with E-state index in [1.807, 2.05) is 19.1 Å². The van der Waals surface area contributed by atoms with Crippen LogP contribution in [-0.4, -0.2) is 57.3 Å². The van der Waals surface area contributed by atoms with E-state index in [2.05, 4.69) is 25.6 Å². The second-order valence-corrected chi connectivity index (χ2v) is 7.55.